The summed E-state index contributed by atoms with van der Waals surface area (Å²) in [4.78, 5) is 29.6. The van der Waals surface area contributed by atoms with E-state index in [0.29, 0.717) is 25.2 Å². The molecule has 0 radical (unpaired) electrons. The number of halogens is 1. The van der Waals surface area contributed by atoms with Gasteiger partial charge in [-0.05, 0) is 67.6 Å². The highest BCUT2D eigenvalue weighted by Gasteiger charge is 2.34. The third-order valence-corrected chi connectivity index (χ3v) is 5.70. The third kappa shape index (κ3) is 3.46. The number of anilines is 2. The summed E-state index contributed by atoms with van der Waals surface area (Å²) < 4.78 is 13.1. The predicted molar refractivity (Wildman–Crippen MR) is 107 cm³/mol. The Labute approximate surface area is 163 Å². The summed E-state index contributed by atoms with van der Waals surface area (Å²) in [7, 11) is 0. The molecule has 0 saturated carbocycles. The third-order valence-electron chi connectivity index (χ3n) is 5.70. The number of nitrogen functional groups attached to an aromatic ring is 1. The van der Waals surface area contributed by atoms with Crippen molar-refractivity contribution in [1.29, 1.82) is 0 Å². The molecule has 2 aliphatic rings. The van der Waals surface area contributed by atoms with E-state index in [-0.39, 0.29) is 23.5 Å². The highest BCUT2D eigenvalue weighted by molar-refractivity contribution is 5.98. The SMILES string of the molecule is Nc1cccc2c1CCCN2C(=O)C1CCCN(C(=O)c2ccc(F)cc2)C1. The Morgan fingerprint density at radius 3 is 2.61 bits per heavy atom. The van der Waals surface area contributed by atoms with Crippen molar-refractivity contribution in [2.45, 2.75) is 25.7 Å². The van der Waals surface area contributed by atoms with E-state index in [1.54, 1.807) is 4.90 Å². The van der Waals surface area contributed by atoms with Gasteiger partial charge in [0.05, 0.1) is 5.92 Å². The summed E-state index contributed by atoms with van der Waals surface area (Å²) in [6.45, 7) is 1.68. The summed E-state index contributed by atoms with van der Waals surface area (Å²) in [6, 6.07) is 11.3. The lowest BCUT2D eigenvalue weighted by Gasteiger charge is -2.37. The Morgan fingerprint density at radius 2 is 1.82 bits per heavy atom. The van der Waals surface area contributed by atoms with E-state index in [0.717, 1.165) is 42.6 Å². The Kier molecular flexibility index (Phi) is 5.03. The van der Waals surface area contributed by atoms with Crippen LogP contribution in [0.5, 0.6) is 0 Å². The lowest BCUT2D eigenvalue weighted by molar-refractivity contribution is -0.123. The number of fused-ring (bicyclic) bond motifs is 1. The standard InChI is InChI=1S/C22H24FN3O2/c23-17-10-8-15(9-11-17)21(27)25-12-2-4-16(14-25)22(28)26-13-3-5-18-19(24)6-1-7-20(18)26/h1,6-11,16H,2-5,12-14,24H2. The van der Waals surface area contributed by atoms with Crippen LogP contribution in [0.15, 0.2) is 42.5 Å². The molecule has 2 aliphatic heterocycles. The van der Waals surface area contributed by atoms with Gasteiger partial charge in [0, 0.05) is 36.6 Å². The zero-order valence-electron chi connectivity index (χ0n) is 15.7. The molecule has 2 amide bonds. The minimum Gasteiger partial charge on any atom is -0.398 e. The van der Waals surface area contributed by atoms with Crippen LogP contribution >= 0.6 is 0 Å². The Hall–Kier alpha value is -2.89. The molecule has 1 saturated heterocycles. The van der Waals surface area contributed by atoms with Gasteiger partial charge < -0.3 is 15.5 Å². The van der Waals surface area contributed by atoms with Crippen molar-refractivity contribution in [1.82, 2.24) is 4.90 Å². The number of hydrogen-bond donors (Lipinski definition) is 1. The monoisotopic (exact) mass is 381 g/mol. The molecule has 2 heterocycles. The number of benzene rings is 2. The van der Waals surface area contributed by atoms with E-state index in [2.05, 4.69) is 0 Å². The maximum atomic E-state index is 13.3. The van der Waals surface area contributed by atoms with Crippen molar-refractivity contribution < 1.29 is 14.0 Å². The Morgan fingerprint density at radius 1 is 1.04 bits per heavy atom. The van der Waals surface area contributed by atoms with Crippen LogP contribution in [0.2, 0.25) is 0 Å². The van der Waals surface area contributed by atoms with Gasteiger partial charge in [-0.1, -0.05) is 6.07 Å². The maximum Gasteiger partial charge on any atom is 0.253 e. The number of carbonyl (C=O) groups excluding carboxylic acids is 2. The average molecular weight is 381 g/mol. The van der Waals surface area contributed by atoms with Crippen LogP contribution in [0.4, 0.5) is 15.8 Å². The van der Waals surface area contributed by atoms with Gasteiger partial charge in [-0.15, -0.1) is 0 Å². The summed E-state index contributed by atoms with van der Waals surface area (Å²) >= 11 is 0. The molecule has 28 heavy (non-hydrogen) atoms. The van der Waals surface area contributed by atoms with Gasteiger partial charge in [0.15, 0.2) is 0 Å². The van der Waals surface area contributed by atoms with Gasteiger partial charge in [0.2, 0.25) is 5.91 Å². The number of amides is 2. The number of carbonyl (C=O) groups is 2. The highest BCUT2D eigenvalue weighted by atomic mass is 19.1. The van der Waals surface area contributed by atoms with Crippen LogP contribution in [0, 0.1) is 11.7 Å². The second-order valence-electron chi connectivity index (χ2n) is 7.54. The van der Waals surface area contributed by atoms with E-state index >= 15 is 0 Å². The molecule has 2 aromatic rings. The fraction of sp³-hybridized carbons (Fsp3) is 0.364. The molecule has 4 rings (SSSR count). The van der Waals surface area contributed by atoms with E-state index < -0.39 is 0 Å². The van der Waals surface area contributed by atoms with Crippen molar-refractivity contribution in [3.8, 4) is 0 Å². The van der Waals surface area contributed by atoms with Gasteiger partial charge in [-0.25, -0.2) is 4.39 Å². The summed E-state index contributed by atoms with van der Waals surface area (Å²) in [5.41, 5.74) is 9.22. The Balaban J connectivity index is 1.51. The minimum atomic E-state index is -0.369. The molecule has 0 bridgehead atoms. The molecule has 146 valence electrons. The van der Waals surface area contributed by atoms with Crippen LogP contribution in [0.1, 0.15) is 35.2 Å². The number of nitrogens with two attached hydrogens (primary N) is 1. The van der Waals surface area contributed by atoms with Crippen molar-refractivity contribution in [2.75, 3.05) is 30.3 Å². The van der Waals surface area contributed by atoms with Crippen LogP contribution in [0.25, 0.3) is 0 Å². The number of rotatable bonds is 2. The fourth-order valence-corrected chi connectivity index (χ4v) is 4.24. The lowest BCUT2D eigenvalue weighted by atomic mass is 9.93. The summed E-state index contributed by atoms with van der Waals surface area (Å²) in [5.74, 6) is -0.694. The molecule has 1 fully saturated rings. The molecule has 0 spiro atoms. The second-order valence-corrected chi connectivity index (χ2v) is 7.54. The molecule has 0 aliphatic carbocycles. The van der Waals surface area contributed by atoms with Gasteiger partial charge in [-0.3, -0.25) is 9.59 Å². The van der Waals surface area contributed by atoms with E-state index in [1.165, 1.54) is 24.3 Å². The van der Waals surface area contributed by atoms with Crippen LogP contribution in [-0.4, -0.2) is 36.3 Å². The topological polar surface area (TPSA) is 66.6 Å². The van der Waals surface area contributed by atoms with Crippen LogP contribution < -0.4 is 10.6 Å². The molecular formula is C22H24FN3O2. The van der Waals surface area contributed by atoms with Crippen molar-refractivity contribution in [2.24, 2.45) is 5.92 Å². The quantitative estimate of drug-likeness (QED) is 0.812. The molecule has 0 aromatic heterocycles. The molecular weight excluding hydrogens is 357 g/mol. The van der Waals surface area contributed by atoms with Crippen molar-refractivity contribution in [3.63, 3.8) is 0 Å². The normalized spacial score (nSPS) is 19.2. The average Bonchev–Trinajstić information content (AvgIpc) is 2.73. The summed E-state index contributed by atoms with van der Waals surface area (Å²) in [5, 5.41) is 0. The first-order valence-electron chi connectivity index (χ1n) is 9.78. The minimum absolute atomic E-state index is 0.0585. The molecule has 2 aromatic carbocycles. The molecule has 2 N–H and O–H groups in total. The van der Waals surface area contributed by atoms with Gasteiger partial charge in [-0.2, -0.15) is 0 Å². The molecule has 1 unspecified atom stereocenters. The predicted octanol–water partition coefficient (Wildman–Crippen LogP) is 3.24. The maximum absolute atomic E-state index is 13.3. The zero-order chi connectivity index (χ0) is 19.7. The van der Waals surface area contributed by atoms with Gasteiger partial charge in [0.25, 0.3) is 5.91 Å². The van der Waals surface area contributed by atoms with Crippen molar-refractivity contribution >= 4 is 23.2 Å². The number of nitrogens with zero attached hydrogens (tertiary/aromatic N) is 2. The lowest BCUT2D eigenvalue weighted by Crippen LogP contribution is -2.48. The van der Waals surface area contributed by atoms with Crippen molar-refractivity contribution in [3.05, 3.63) is 59.4 Å². The van der Waals surface area contributed by atoms with E-state index in [9.17, 15) is 14.0 Å². The molecule has 6 heteroatoms. The number of likely N-dealkylation sites (tertiary alicyclic amines) is 1. The first-order valence-corrected chi connectivity index (χ1v) is 9.78. The van der Waals surface area contributed by atoms with E-state index in [1.807, 2.05) is 23.1 Å². The molecule has 5 nitrogen and oxygen atoms in total. The van der Waals surface area contributed by atoms with Crippen LogP contribution in [-0.2, 0) is 11.2 Å². The fourth-order valence-electron chi connectivity index (χ4n) is 4.24. The van der Waals surface area contributed by atoms with E-state index in [4.69, 9.17) is 5.73 Å². The largest absolute Gasteiger partial charge is 0.398 e. The van der Waals surface area contributed by atoms with Gasteiger partial charge >= 0.3 is 0 Å². The first kappa shape index (κ1) is 18.5. The van der Waals surface area contributed by atoms with Crippen LogP contribution in [0.3, 0.4) is 0 Å². The highest BCUT2D eigenvalue weighted by Crippen LogP contribution is 2.33. The second kappa shape index (κ2) is 7.62. The number of piperidine rings is 1. The Bertz CT molecular complexity index is 897. The van der Waals surface area contributed by atoms with Gasteiger partial charge in [0.1, 0.15) is 5.82 Å². The smallest absolute Gasteiger partial charge is 0.253 e. The summed E-state index contributed by atoms with van der Waals surface area (Å²) in [6.07, 6.45) is 3.31. The first-order chi connectivity index (χ1) is 13.5. The molecule has 1 atom stereocenters. The number of hydrogen-bond acceptors (Lipinski definition) is 3. The zero-order valence-corrected chi connectivity index (χ0v) is 15.7.